The van der Waals surface area contributed by atoms with Crippen molar-refractivity contribution in [2.45, 2.75) is 13.3 Å². The van der Waals surface area contributed by atoms with Gasteiger partial charge in [-0.05, 0) is 6.92 Å². The van der Waals surface area contributed by atoms with Gasteiger partial charge in [0.1, 0.15) is 0 Å². The summed E-state index contributed by atoms with van der Waals surface area (Å²) >= 11 is 0. The van der Waals surface area contributed by atoms with Crippen LogP contribution in [-0.4, -0.2) is 0 Å². The van der Waals surface area contributed by atoms with Crippen molar-refractivity contribution >= 4 is 0 Å². The molecule has 0 aliphatic heterocycles. The molecule has 58 valence electrons. The number of nitriles is 4. The van der Waals surface area contributed by atoms with Crippen LogP contribution in [0.15, 0.2) is 0 Å². The molecule has 0 aliphatic carbocycles. The Morgan fingerprint density at radius 3 is 1.92 bits per heavy atom. The average molecular weight is 158 g/mol. The van der Waals surface area contributed by atoms with E-state index in [-0.39, 0.29) is 6.42 Å². The predicted octanol–water partition coefficient (Wildman–Crippen LogP) is 1.09. The van der Waals surface area contributed by atoms with Crippen molar-refractivity contribution in [3.05, 3.63) is 0 Å². The minimum atomic E-state index is -1.47. The molecule has 0 fully saturated rings. The molecule has 4 nitrogen and oxygen atoms in total. The van der Waals surface area contributed by atoms with Crippen LogP contribution < -0.4 is 0 Å². The van der Waals surface area contributed by atoms with Crippen LogP contribution >= 0.6 is 0 Å². The summed E-state index contributed by atoms with van der Waals surface area (Å²) in [7, 11) is 0. The normalized spacial score (nSPS) is 11.4. The second-order valence-corrected chi connectivity index (χ2v) is 2.38. The molecule has 0 aromatic rings. The fourth-order valence-corrected chi connectivity index (χ4v) is 0.686. The molecular weight excluding hydrogens is 152 g/mol. The van der Waals surface area contributed by atoms with Crippen LogP contribution in [0, 0.1) is 56.7 Å². The highest BCUT2D eigenvalue weighted by Crippen LogP contribution is 2.29. The van der Waals surface area contributed by atoms with Crippen molar-refractivity contribution < 1.29 is 0 Å². The lowest BCUT2D eigenvalue weighted by Crippen LogP contribution is -2.23. The summed E-state index contributed by atoms with van der Waals surface area (Å²) in [6.07, 6.45) is -0.227. The van der Waals surface area contributed by atoms with E-state index in [1.54, 1.807) is 24.3 Å². The molecule has 4 heteroatoms. The molecule has 0 radical (unpaired) electrons. The van der Waals surface area contributed by atoms with Crippen molar-refractivity contribution in [3.8, 4) is 24.3 Å². The summed E-state index contributed by atoms with van der Waals surface area (Å²) in [5, 5.41) is 34.1. The molecule has 0 aliphatic rings. The van der Waals surface area contributed by atoms with Gasteiger partial charge in [0.05, 0.1) is 36.6 Å². The quantitative estimate of drug-likeness (QED) is 0.600. The van der Waals surface area contributed by atoms with E-state index in [0.717, 1.165) is 0 Å². The highest BCUT2D eigenvalue weighted by atomic mass is 14.5. The zero-order valence-electron chi connectivity index (χ0n) is 6.57. The molecule has 0 saturated heterocycles. The maximum Gasteiger partial charge on any atom is 0.172 e. The summed E-state index contributed by atoms with van der Waals surface area (Å²) in [5.74, 6) is -0.743. The highest BCUT2D eigenvalue weighted by Gasteiger charge is 2.37. The van der Waals surface area contributed by atoms with Crippen molar-refractivity contribution in [1.82, 2.24) is 0 Å². The number of hydrogen-bond donors (Lipinski definition) is 0. The van der Waals surface area contributed by atoms with Crippen LogP contribution in [0.3, 0.4) is 0 Å². The van der Waals surface area contributed by atoms with Crippen molar-refractivity contribution in [2.75, 3.05) is 0 Å². The van der Waals surface area contributed by atoms with Crippen LogP contribution in [0.4, 0.5) is 0 Å². The first-order valence-corrected chi connectivity index (χ1v) is 3.26. The van der Waals surface area contributed by atoms with E-state index in [1.807, 2.05) is 0 Å². The Labute approximate surface area is 70.9 Å². The Morgan fingerprint density at radius 2 is 1.67 bits per heavy atom. The largest absolute Gasteiger partial charge is 0.198 e. The molecule has 0 spiro atoms. The van der Waals surface area contributed by atoms with Gasteiger partial charge in [0.25, 0.3) is 0 Å². The number of nitrogens with zero attached hydrogens (tertiary/aromatic N) is 4. The first-order chi connectivity index (χ1) is 5.66. The Bertz CT molecular complexity index is 303. The Morgan fingerprint density at radius 1 is 1.17 bits per heavy atom. The zero-order valence-corrected chi connectivity index (χ0v) is 6.57. The van der Waals surface area contributed by atoms with Crippen LogP contribution in [-0.2, 0) is 0 Å². The van der Waals surface area contributed by atoms with Crippen molar-refractivity contribution in [1.29, 1.82) is 21.0 Å². The minimum absolute atomic E-state index is 0.227. The van der Waals surface area contributed by atoms with Crippen molar-refractivity contribution in [2.24, 2.45) is 11.3 Å². The molecule has 0 heterocycles. The van der Waals surface area contributed by atoms with Gasteiger partial charge in [-0.25, -0.2) is 0 Å². The predicted molar refractivity (Wildman–Crippen MR) is 38.7 cm³/mol. The zero-order chi connectivity index (χ0) is 9.61. The molecule has 0 amide bonds. The maximum absolute atomic E-state index is 8.63. The van der Waals surface area contributed by atoms with Gasteiger partial charge in [0.15, 0.2) is 5.41 Å². The summed E-state index contributed by atoms with van der Waals surface area (Å²) in [4.78, 5) is 0. The third kappa shape index (κ3) is 1.51. The minimum Gasteiger partial charge on any atom is -0.198 e. The average Bonchev–Trinajstić information content (AvgIpc) is 2.13. The molecule has 0 aromatic heterocycles. The van der Waals surface area contributed by atoms with Crippen LogP contribution in [0.1, 0.15) is 13.3 Å². The summed E-state index contributed by atoms with van der Waals surface area (Å²) in [5.41, 5.74) is -1.47. The summed E-state index contributed by atoms with van der Waals surface area (Å²) in [6, 6.07) is 6.95. The van der Waals surface area contributed by atoms with Crippen LogP contribution in [0.5, 0.6) is 0 Å². The monoisotopic (exact) mass is 158 g/mol. The van der Waals surface area contributed by atoms with Gasteiger partial charge in [0, 0.05) is 0 Å². The van der Waals surface area contributed by atoms with E-state index in [2.05, 4.69) is 0 Å². The first-order valence-electron chi connectivity index (χ1n) is 3.26. The van der Waals surface area contributed by atoms with Crippen LogP contribution in [0.2, 0.25) is 0 Å². The highest BCUT2D eigenvalue weighted by molar-refractivity contribution is 5.22. The number of hydrogen-bond acceptors (Lipinski definition) is 4. The summed E-state index contributed by atoms with van der Waals surface area (Å²) < 4.78 is 0. The topological polar surface area (TPSA) is 95.2 Å². The molecule has 0 N–H and O–H groups in total. The fourth-order valence-electron chi connectivity index (χ4n) is 0.686. The Balaban J connectivity index is 4.95. The van der Waals surface area contributed by atoms with E-state index in [9.17, 15) is 0 Å². The smallest absolute Gasteiger partial charge is 0.172 e. The van der Waals surface area contributed by atoms with Gasteiger partial charge < -0.3 is 0 Å². The van der Waals surface area contributed by atoms with Gasteiger partial charge in [-0.3, -0.25) is 0 Å². The van der Waals surface area contributed by atoms with Gasteiger partial charge in [0.2, 0.25) is 0 Å². The van der Waals surface area contributed by atoms with E-state index >= 15 is 0 Å². The van der Waals surface area contributed by atoms with Gasteiger partial charge in [-0.2, -0.15) is 21.0 Å². The lowest BCUT2D eigenvalue weighted by Gasteiger charge is -2.15. The molecular formula is C8H6N4. The standard InChI is InChI=1S/C8H6N4/c1-7(4-10)8(5-11,6-12)2-3-9/h7H,2H2,1H3. The molecule has 0 bridgehead atoms. The first kappa shape index (κ1) is 9.96. The lowest BCUT2D eigenvalue weighted by atomic mass is 9.77. The van der Waals surface area contributed by atoms with Gasteiger partial charge in [-0.1, -0.05) is 0 Å². The lowest BCUT2D eigenvalue weighted by molar-refractivity contribution is 0.424. The Kier molecular flexibility index (Phi) is 3.29. The fraction of sp³-hybridized carbons (Fsp3) is 0.500. The van der Waals surface area contributed by atoms with Gasteiger partial charge >= 0.3 is 0 Å². The third-order valence-corrected chi connectivity index (χ3v) is 1.69. The van der Waals surface area contributed by atoms with E-state index in [1.165, 1.54) is 6.92 Å². The van der Waals surface area contributed by atoms with E-state index in [0.29, 0.717) is 0 Å². The molecule has 0 aromatic carbocycles. The SMILES string of the molecule is CC(C#N)C(C#N)(C#N)CC#N. The molecule has 0 saturated carbocycles. The Hall–Kier alpha value is -2.04. The summed E-state index contributed by atoms with van der Waals surface area (Å²) in [6.45, 7) is 1.46. The number of rotatable bonds is 2. The van der Waals surface area contributed by atoms with E-state index in [4.69, 9.17) is 21.0 Å². The molecule has 1 atom stereocenters. The third-order valence-electron chi connectivity index (χ3n) is 1.69. The maximum atomic E-state index is 8.63. The van der Waals surface area contributed by atoms with Crippen LogP contribution in [0.25, 0.3) is 0 Å². The van der Waals surface area contributed by atoms with Crippen molar-refractivity contribution in [3.63, 3.8) is 0 Å². The second-order valence-electron chi connectivity index (χ2n) is 2.38. The van der Waals surface area contributed by atoms with E-state index < -0.39 is 11.3 Å². The second kappa shape index (κ2) is 3.97. The van der Waals surface area contributed by atoms with Gasteiger partial charge in [-0.15, -0.1) is 0 Å². The molecule has 0 rings (SSSR count). The molecule has 1 unspecified atom stereocenters. The molecule has 12 heavy (non-hydrogen) atoms.